The van der Waals surface area contributed by atoms with Gasteiger partial charge in [0.25, 0.3) is 0 Å². The maximum Gasteiger partial charge on any atom is 0.0712 e. The van der Waals surface area contributed by atoms with Gasteiger partial charge in [-0.05, 0) is 68.0 Å². The summed E-state index contributed by atoms with van der Waals surface area (Å²) in [7, 11) is 2.21. The fourth-order valence-electron chi connectivity index (χ4n) is 3.96. The molecule has 1 heterocycles. The molecule has 0 spiro atoms. The first-order valence-electron chi connectivity index (χ1n) is 10.9. The first-order valence-corrected chi connectivity index (χ1v) is 10.9. The van der Waals surface area contributed by atoms with Crippen molar-refractivity contribution in [3.05, 3.63) is 58.8 Å². The van der Waals surface area contributed by atoms with Crippen LogP contribution in [-0.4, -0.2) is 30.0 Å². The molecule has 0 amide bonds. The lowest BCUT2D eigenvalue weighted by molar-refractivity contribution is 0.251. The Morgan fingerprint density at radius 2 is 1.62 bits per heavy atom. The van der Waals surface area contributed by atoms with E-state index in [0.717, 1.165) is 24.5 Å². The molecule has 0 aliphatic carbocycles. The Morgan fingerprint density at radius 3 is 2.17 bits per heavy atom. The third-order valence-electron chi connectivity index (χ3n) is 5.44. The number of rotatable bonds is 7. The Bertz CT molecular complexity index is 836. The third-order valence-corrected chi connectivity index (χ3v) is 5.44. The van der Waals surface area contributed by atoms with Gasteiger partial charge in [-0.2, -0.15) is 0 Å². The zero-order valence-corrected chi connectivity index (χ0v) is 20.1. The lowest BCUT2D eigenvalue weighted by Gasteiger charge is -2.27. The highest BCUT2D eigenvalue weighted by Crippen LogP contribution is 2.32. The number of benzene rings is 1. The Kier molecular flexibility index (Phi) is 7.45. The highest BCUT2D eigenvalue weighted by atomic mass is 15.1. The highest BCUT2D eigenvalue weighted by Gasteiger charge is 2.21. The summed E-state index contributed by atoms with van der Waals surface area (Å²) < 4.78 is 0. The fraction of sp³-hybridized carbons (Fsp3) is 0.519. The smallest absolute Gasteiger partial charge is 0.0712 e. The van der Waals surface area contributed by atoms with Crippen molar-refractivity contribution in [2.24, 2.45) is 5.41 Å². The number of aromatic nitrogens is 1. The van der Waals surface area contributed by atoms with E-state index in [9.17, 15) is 0 Å². The van der Waals surface area contributed by atoms with E-state index < -0.39 is 0 Å². The van der Waals surface area contributed by atoms with Crippen molar-refractivity contribution < 1.29 is 0 Å². The standard InChI is InChI=1S/C27H40N2/c1-10-17-29(9)19-27(7,8)16-15-24-21(3)23(26(4,5)6)18-25(28-24)22-13-11-20(2)12-14-22/h11-16,18H,10,17,19H2,1-9H3/b16-15+. The second-order valence-electron chi connectivity index (χ2n) is 10.2. The number of hydrogen-bond donors (Lipinski definition) is 0. The van der Waals surface area contributed by atoms with Gasteiger partial charge in [0.2, 0.25) is 0 Å². The number of pyridine rings is 1. The van der Waals surface area contributed by atoms with Crippen LogP contribution in [0.1, 0.15) is 70.3 Å². The average molecular weight is 393 g/mol. The molecule has 0 aliphatic heterocycles. The van der Waals surface area contributed by atoms with E-state index in [1.165, 1.54) is 28.7 Å². The lowest BCUT2D eigenvalue weighted by atomic mass is 9.82. The topological polar surface area (TPSA) is 16.1 Å². The van der Waals surface area contributed by atoms with Crippen molar-refractivity contribution in [1.29, 1.82) is 0 Å². The van der Waals surface area contributed by atoms with Crippen molar-refractivity contribution in [1.82, 2.24) is 9.88 Å². The van der Waals surface area contributed by atoms with E-state index in [1.807, 2.05) is 0 Å². The van der Waals surface area contributed by atoms with Crippen molar-refractivity contribution >= 4 is 6.08 Å². The maximum atomic E-state index is 5.06. The first-order chi connectivity index (χ1) is 13.4. The summed E-state index contributed by atoms with van der Waals surface area (Å²) in [6.45, 7) is 20.2. The molecule has 2 rings (SSSR count). The van der Waals surface area contributed by atoms with Crippen LogP contribution in [0.5, 0.6) is 0 Å². The highest BCUT2D eigenvalue weighted by molar-refractivity contribution is 5.65. The van der Waals surface area contributed by atoms with Crippen molar-refractivity contribution in [3.8, 4) is 11.3 Å². The van der Waals surface area contributed by atoms with E-state index in [4.69, 9.17) is 4.98 Å². The Labute approximate surface area is 179 Å². The van der Waals surface area contributed by atoms with Gasteiger partial charge in [0.05, 0.1) is 11.4 Å². The molecule has 0 aliphatic rings. The molecule has 1 aromatic carbocycles. The molecule has 29 heavy (non-hydrogen) atoms. The van der Waals surface area contributed by atoms with Gasteiger partial charge in [0.1, 0.15) is 0 Å². The molecule has 0 N–H and O–H groups in total. The molecule has 0 atom stereocenters. The van der Waals surface area contributed by atoms with E-state index in [2.05, 4.69) is 110 Å². The molecule has 0 saturated carbocycles. The molecule has 0 fully saturated rings. The van der Waals surface area contributed by atoms with Crippen LogP contribution in [0, 0.1) is 19.3 Å². The van der Waals surface area contributed by atoms with Gasteiger partial charge in [-0.1, -0.05) is 77.4 Å². The normalized spacial score (nSPS) is 12.9. The van der Waals surface area contributed by atoms with Gasteiger partial charge in [0.15, 0.2) is 0 Å². The Hall–Kier alpha value is -1.93. The number of aryl methyl sites for hydroxylation is 1. The van der Waals surface area contributed by atoms with Crippen LogP contribution >= 0.6 is 0 Å². The monoisotopic (exact) mass is 392 g/mol. The zero-order chi connectivity index (χ0) is 21.8. The van der Waals surface area contributed by atoms with Crippen LogP contribution in [0.15, 0.2) is 36.4 Å². The minimum atomic E-state index is 0.0753. The molecule has 0 unspecified atom stereocenters. The van der Waals surface area contributed by atoms with Gasteiger partial charge >= 0.3 is 0 Å². The van der Waals surface area contributed by atoms with Gasteiger partial charge in [-0.15, -0.1) is 0 Å². The third kappa shape index (κ3) is 6.54. The molecule has 0 bridgehead atoms. The molecular weight excluding hydrogens is 352 g/mol. The molecule has 2 aromatic rings. The van der Waals surface area contributed by atoms with Gasteiger partial charge < -0.3 is 4.90 Å². The summed E-state index contributed by atoms with van der Waals surface area (Å²) in [6, 6.07) is 11.0. The molecule has 2 heteroatoms. The van der Waals surface area contributed by atoms with Crippen LogP contribution in [0.25, 0.3) is 17.3 Å². The van der Waals surface area contributed by atoms with E-state index in [0.29, 0.717) is 0 Å². The summed E-state index contributed by atoms with van der Waals surface area (Å²) >= 11 is 0. The van der Waals surface area contributed by atoms with Crippen LogP contribution in [0.3, 0.4) is 0 Å². The summed E-state index contributed by atoms with van der Waals surface area (Å²) in [5.41, 5.74) is 7.41. The van der Waals surface area contributed by atoms with E-state index in [-0.39, 0.29) is 10.8 Å². The Balaban J connectivity index is 2.47. The largest absolute Gasteiger partial charge is 0.306 e. The predicted molar refractivity (Wildman–Crippen MR) is 128 cm³/mol. The fourth-order valence-corrected chi connectivity index (χ4v) is 3.96. The van der Waals surface area contributed by atoms with Gasteiger partial charge in [-0.25, -0.2) is 4.98 Å². The quantitative estimate of drug-likeness (QED) is 0.502. The molecule has 1 aromatic heterocycles. The average Bonchev–Trinajstić information content (AvgIpc) is 2.60. The Morgan fingerprint density at radius 1 is 1.00 bits per heavy atom. The minimum Gasteiger partial charge on any atom is -0.306 e. The summed E-state index contributed by atoms with van der Waals surface area (Å²) in [5.74, 6) is 0. The van der Waals surface area contributed by atoms with E-state index in [1.54, 1.807) is 0 Å². The second kappa shape index (κ2) is 9.26. The number of hydrogen-bond acceptors (Lipinski definition) is 2. The maximum absolute atomic E-state index is 5.06. The molecule has 2 nitrogen and oxygen atoms in total. The SMILES string of the molecule is CCCN(C)CC(C)(C)/C=C/c1nc(-c2ccc(C)cc2)cc(C(C)(C)C)c1C. The summed E-state index contributed by atoms with van der Waals surface area (Å²) in [6.07, 6.45) is 5.76. The van der Waals surface area contributed by atoms with E-state index >= 15 is 0 Å². The zero-order valence-electron chi connectivity index (χ0n) is 20.1. The molecule has 0 radical (unpaired) electrons. The molecule has 158 valence electrons. The van der Waals surface area contributed by atoms with Gasteiger partial charge in [0, 0.05) is 12.1 Å². The van der Waals surface area contributed by atoms with Gasteiger partial charge in [-0.3, -0.25) is 0 Å². The lowest BCUT2D eigenvalue weighted by Crippen LogP contribution is -2.30. The van der Waals surface area contributed by atoms with Crippen LogP contribution < -0.4 is 0 Å². The molecule has 0 saturated heterocycles. The summed E-state index contributed by atoms with van der Waals surface area (Å²) in [4.78, 5) is 7.48. The van der Waals surface area contributed by atoms with Crippen molar-refractivity contribution in [2.45, 2.75) is 67.2 Å². The minimum absolute atomic E-state index is 0.0753. The summed E-state index contributed by atoms with van der Waals surface area (Å²) in [5, 5.41) is 0. The second-order valence-corrected chi connectivity index (χ2v) is 10.2. The first kappa shape index (κ1) is 23.3. The van der Waals surface area contributed by atoms with Crippen LogP contribution in [0.2, 0.25) is 0 Å². The van der Waals surface area contributed by atoms with Crippen molar-refractivity contribution in [2.75, 3.05) is 20.1 Å². The van der Waals surface area contributed by atoms with Crippen LogP contribution in [0.4, 0.5) is 0 Å². The molecular formula is C27H40N2. The number of nitrogens with zero attached hydrogens (tertiary/aromatic N) is 2. The van der Waals surface area contributed by atoms with Crippen LogP contribution in [-0.2, 0) is 5.41 Å². The predicted octanol–water partition coefficient (Wildman–Crippen LogP) is 7.04. The van der Waals surface area contributed by atoms with Crippen molar-refractivity contribution in [3.63, 3.8) is 0 Å².